The fraction of sp³-hybridized carbons (Fsp3) is 0.174. The van der Waals surface area contributed by atoms with Crippen molar-refractivity contribution in [1.29, 1.82) is 0 Å². The third kappa shape index (κ3) is 6.40. The molecule has 3 rings (SSSR count). The number of carbonyl (C=O) groups is 1. The Balaban J connectivity index is 1.81. The first-order valence-corrected chi connectivity index (χ1v) is 12.2. The lowest BCUT2D eigenvalue weighted by Crippen LogP contribution is -2.41. The van der Waals surface area contributed by atoms with Crippen LogP contribution in [-0.4, -0.2) is 25.2 Å². The number of nitrogens with one attached hydrogen (secondary N) is 1. The minimum Gasteiger partial charge on any atom is -0.348 e. The number of hydrogen-bond acceptors (Lipinski definition) is 3. The molecule has 8 heteroatoms. The number of halogens is 2. The lowest BCUT2D eigenvalue weighted by molar-refractivity contribution is -0.122. The zero-order chi connectivity index (χ0) is 22.4. The predicted octanol–water partition coefficient (Wildman–Crippen LogP) is 5.17. The summed E-state index contributed by atoms with van der Waals surface area (Å²) in [6.07, 6.45) is 0. The predicted molar refractivity (Wildman–Crippen MR) is 126 cm³/mol. The van der Waals surface area contributed by atoms with Gasteiger partial charge in [0.25, 0.3) is 0 Å². The first-order valence-electron chi connectivity index (χ1n) is 9.60. The van der Waals surface area contributed by atoms with Gasteiger partial charge in [-0.3, -0.25) is 4.79 Å². The summed E-state index contributed by atoms with van der Waals surface area (Å²) >= 11 is 9.29. The fourth-order valence-corrected chi connectivity index (χ4v) is 4.83. The Hall–Kier alpha value is -2.19. The summed E-state index contributed by atoms with van der Waals surface area (Å²) < 4.78 is 28.7. The van der Waals surface area contributed by atoms with Gasteiger partial charge in [0.1, 0.15) is 0 Å². The summed E-state index contributed by atoms with van der Waals surface area (Å²) in [5.74, 6) is -0.385. The van der Waals surface area contributed by atoms with Gasteiger partial charge < -0.3 is 5.32 Å². The molecule has 0 aromatic heterocycles. The van der Waals surface area contributed by atoms with Gasteiger partial charge in [-0.1, -0.05) is 70.0 Å². The van der Waals surface area contributed by atoms with E-state index in [0.717, 1.165) is 15.6 Å². The van der Waals surface area contributed by atoms with Gasteiger partial charge in [-0.15, -0.1) is 0 Å². The lowest BCUT2D eigenvalue weighted by atomic mass is 10.1. The van der Waals surface area contributed by atoms with Gasteiger partial charge in [0.2, 0.25) is 15.9 Å². The summed E-state index contributed by atoms with van der Waals surface area (Å²) in [7, 11) is -3.91. The van der Waals surface area contributed by atoms with Crippen molar-refractivity contribution >= 4 is 43.5 Å². The highest BCUT2D eigenvalue weighted by Crippen LogP contribution is 2.21. The maximum atomic E-state index is 13.3. The number of sulfonamides is 1. The first-order chi connectivity index (χ1) is 14.8. The van der Waals surface area contributed by atoms with Gasteiger partial charge in [-0.2, -0.15) is 4.31 Å². The molecule has 5 nitrogen and oxygen atoms in total. The summed E-state index contributed by atoms with van der Waals surface area (Å²) in [4.78, 5) is 12.9. The molecular weight excluding hydrogens is 500 g/mol. The molecule has 1 N–H and O–H groups in total. The standard InChI is InChI=1S/C23H22BrClN2O3S/c1-17(19-7-9-20(24)10-8-19)26-23(28)16-27(15-18-5-3-2-4-6-18)31(29,30)22-13-11-21(25)12-14-22/h2-14,17H,15-16H2,1H3,(H,26,28)/t17-/m0/s1. The van der Waals surface area contributed by atoms with Crippen LogP contribution in [0.3, 0.4) is 0 Å². The molecule has 0 aliphatic carbocycles. The maximum Gasteiger partial charge on any atom is 0.243 e. The SMILES string of the molecule is C[C@H](NC(=O)CN(Cc1ccccc1)S(=O)(=O)c1ccc(Cl)cc1)c1ccc(Br)cc1. The second-order valence-corrected chi connectivity index (χ2v) is 10.3. The van der Waals surface area contributed by atoms with Crippen molar-refractivity contribution in [3.63, 3.8) is 0 Å². The number of amides is 1. The highest BCUT2D eigenvalue weighted by atomic mass is 79.9. The Labute approximate surface area is 196 Å². The molecule has 0 spiro atoms. The Morgan fingerprint density at radius 3 is 2.23 bits per heavy atom. The Bertz CT molecular complexity index is 1120. The van der Waals surface area contributed by atoms with E-state index in [2.05, 4.69) is 21.2 Å². The van der Waals surface area contributed by atoms with Crippen molar-refractivity contribution in [3.8, 4) is 0 Å². The van der Waals surface area contributed by atoms with E-state index in [4.69, 9.17) is 11.6 Å². The van der Waals surface area contributed by atoms with E-state index < -0.39 is 10.0 Å². The summed E-state index contributed by atoms with van der Waals surface area (Å²) in [6, 6.07) is 22.4. The number of rotatable bonds is 8. The average Bonchev–Trinajstić information content (AvgIpc) is 2.74. The van der Waals surface area contributed by atoms with Gasteiger partial charge in [-0.25, -0.2) is 8.42 Å². The van der Waals surface area contributed by atoms with Crippen molar-refractivity contribution in [2.75, 3.05) is 6.54 Å². The van der Waals surface area contributed by atoms with E-state index in [1.54, 1.807) is 0 Å². The van der Waals surface area contributed by atoms with Crippen LogP contribution < -0.4 is 5.32 Å². The molecular formula is C23H22BrClN2O3S. The molecule has 1 atom stereocenters. The molecule has 0 unspecified atom stereocenters. The largest absolute Gasteiger partial charge is 0.348 e. The van der Waals surface area contributed by atoms with Crippen molar-refractivity contribution in [2.24, 2.45) is 0 Å². The van der Waals surface area contributed by atoms with Crippen molar-refractivity contribution in [1.82, 2.24) is 9.62 Å². The third-order valence-electron chi connectivity index (χ3n) is 4.72. The number of carbonyl (C=O) groups excluding carboxylic acids is 1. The summed E-state index contributed by atoms with van der Waals surface area (Å²) in [5.41, 5.74) is 1.71. The first kappa shape index (κ1) is 23.5. The van der Waals surface area contributed by atoms with Crippen molar-refractivity contribution < 1.29 is 13.2 Å². The zero-order valence-electron chi connectivity index (χ0n) is 16.8. The Morgan fingerprint density at radius 2 is 1.61 bits per heavy atom. The molecule has 0 radical (unpaired) electrons. The number of hydrogen-bond donors (Lipinski definition) is 1. The van der Waals surface area contributed by atoms with E-state index in [1.807, 2.05) is 61.5 Å². The van der Waals surface area contributed by atoms with Gasteiger partial charge in [0, 0.05) is 16.0 Å². The van der Waals surface area contributed by atoms with Crippen LogP contribution in [0.5, 0.6) is 0 Å². The molecule has 31 heavy (non-hydrogen) atoms. The lowest BCUT2D eigenvalue weighted by Gasteiger charge is -2.23. The Kier molecular flexibility index (Phi) is 7.89. The van der Waals surface area contributed by atoms with Crippen molar-refractivity contribution in [3.05, 3.63) is 99.5 Å². The van der Waals surface area contributed by atoms with Crippen LogP contribution in [0.25, 0.3) is 0 Å². The molecule has 0 saturated heterocycles. The topological polar surface area (TPSA) is 66.5 Å². The molecule has 0 aliphatic heterocycles. The Morgan fingerprint density at radius 1 is 1.00 bits per heavy atom. The molecule has 0 aliphatic rings. The second kappa shape index (κ2) is 10.4. The maximum absolute atomic E-state index is 13.3. The minimum atomic E-state index is -3.91. The molecule has 3 aromatic carbocycles. The molecule has 0 bridgehead atoms. The van der Waals surface area contributed by atoms with Crippen LogP contribution in [0.15, 0.2) is 88.2 Å². The molecule has 162 valence electrons. The quantitative estimate of drug-likeness (QED) is 0.445. The van der Waals surface area contributed by atoms with Crippen molar-refractivity contribution in [2.45, 2.75) is 24.4 Å². The van der Waals surface area contributed by atoms with Gasteiger partial charge in [0.15, 0.2) is 0 Å². The summed E-state index contributed by atoms with van der Waals surface area (Å²) in [6.45, 7) is 1.63. The van der Waals surface area contributed by atoms with Gasteiger partial charge in [-0.05, 0) is 54.4 Å². The third-order valence-corrected chi connectivity index (χ3v) is 7.31. The van der Waals surface area contributed by atoms with Crippen LogP contribution in [0.4, 0.5) is 0 Å². The van der Waals surface area contributed by atoms with Crippen LogP contribution in [-0.2, 0) is 21.4 Å². The molecule has 1 amide bonds. The van der Waals surface area contributed by atoms with E-state index in [0.29, 0.717) is 5.02 Å². The highest BCUT2D eigenvalue weighted by Gasteiger charge is 2.27. The molecule has 0 heterocycles. The number of nitrogens with zero attached hydrogens (tertiary/aromatic N) is 1. The van der Waals surface area contributed by atoms with E-state index in [-0.39, 0.29) is 29.9 Å². The monoisotopic (exact) mass is 520 g/mol. The van der Waals surface area contributed by atoms with Crippen LogP contribution in [0.1, 0.15) is 24.1 Å². The van der Waals surface area contributed by atoms with Gasteiger partial charge in [0.05, 0.1) is 17.5 Å². The van der Waals surface area contributed by atoms with Gasteiger partial charge >= 0.3 is 0 Å². The number of benzene rings is 3. The van der Waals surface area contributed by atoms with Crippen LogP contribution in [0.2, 0.25) is 5.02 Å². The van der Waals surface area contributed by atoms with Crippen LogP contribution >= 0.6 is 27.5 Å². The second-order valence-electron chi connectivity index (χ2n) is 7.05. The van der Waals surface area contributed by atoms with E-state index in [9.17, 15) is 13.2 Å². The smallest absolute Gasteiger partial charge is 0.243 e. The summed E-state index contributed by atoms with van der Waals surface area (Å²) in [5, 5.41) is 3.32. The fourth-order valence-electron chi connectivity index (χ4n) is 3.05. The highest BCUT2D eigenvalue weighted by molar-refractivity contribution is 9.10. The zero-order valence-corrected chi connectivity index (χ0v) is 20.0. The van der Waals surface area contributed by atoms with E-state index >= 15 is 0 Å². The van der Waals surface area contributed by atoms with E-state index in [1.165, 1.54) is 28.6 Å². The molecule has 0 fully saturated rings. The normalized spacial score (nSPS) is 12.5. The minimum absolute atomic E-state index is 0.0753. The molecule has 3 aromatic rings. The van der Waals surface area contributed by atoms with Crippen LogP contribution in [0, 0.1) is 0 Å². The molecule has 0 saturated carbocycles. The average molecular weight is 522 g/mol.